The van der Waals surface area contributed by atoms with Gasteiger partial charge in [-0.25, -0.2) is 0 Å². The molecule has 4 aromatic rings. The van der Waals surface area contributed by atoms with E-state index in [1.165, 1.54) is 11.3 Å². The topological polar surface area (TPSA) is 58.6 Å². The van der Waals surface area contributed by atoms with E-state index in [0.717, 1.165) is 26.1 Å². The van der Waals surface area contributed by atoms with Crippen LogP contribution in [0.15, 0.2) is 78.9 Å². The summed E-state index contributed by atoms with van der Waals surface area (Å²) in [7, 11) is 0. The lowest BCUT2D eigenvalue weighted by Crippen LogP contribution is -2.23. The Kier molecular flexibility index (Phi) is 6.12. The number of hydrogen-bond acceptors (Lipinski definition) is 4. The number of nitrogens with one attached hydrogen (secondary N) is 1. The van der Waals surface area contributed by atoms with Gasteiger partial charge in [-0.3, -0.25) is 4.79 Å². The average Bonchev–Trinajstić information content (AvgIpc) is 3.26. The average molecular weight is 418 g/mol. The van der Waals surface area contributed by atoms with Gasteiger partial charge in [0.05, 0.1) is 18.7 Å². The van der Waals surface area contributed by atoms with Crippen molar-refractivity contribution in [1.29, 1.82) is 0 Å². The van der Waals surface area contributed by atoms with E-state index in [9.17, 15) is 9.90 Å². The number of carbonyl (C=O) groups excluding carboxylic acids is 1. The highest BCUT2D eigenvalue weighted by Gasteiger charge is 2.17. The van der Waals surface area contributed by atoms with Crippen LogP contribution >= 0.6 is 11.3 Å². The van der Waals surface area contributed by atoms with Crippen LogP contribution in [-0.4, -0.2) is 17.6 Å². The van der Waals surface area contributed by atoms with Crippen LogP contribution in [0, 0.1) is 0 Å². The molecule has 0 aliphatic carbocycles. The van der Waals surface area contributed by atoms with Gasteiger partial charge in [0.2, 0.25) is 0 Å². The van der Waals surface area contributed by atoms with Crippen LogP contribution in [0.3, 0.4) is 0 Å². The van der Waals surface area contributed by atoms with E-state index in [1.54, 1.807) is 0 Å². The Bertz CT molecular complexity index is 1150. The molecular weight excluding hydrogens is 394 g/mol. The number of ether oxygens (including phenoxy) is 1. The number of hydrogen-bond donors (Lipinski definition) is 2. The number of fused-ring (bicyclic) bond motifs is 1. The quantitative estimate of drug-likeness (QED) is 0.428. The van der Waals surface area contributed by atoms with Crippen LogP contribution in [0.5, 0.6) is 5.75 Å². The maximum Gasteiger partial charge on any atom is 0.255 e. The number of rotatable bonds is 7. The summed E-state index contributed by atoms with van der Waals surface area (Å²) in [6.07, 6.45) is -0.664. The first-order chi connectivity index (χ1) is 14.7. The first-order valence-corrected chi connectivity index (χ1v) is 10.7. The molecule has 4 rings (SSSR count). The summed E-state index contributed by atoms with van der Waals surface area (Å²) in [5.74, 6) is 0.411. The first-order valence-electron chi connectivity index (χ1n) is 9.91. The molecular formula is C25H23NO3S. The van der Waals surface area contributed by atoms with Gasteiger partial charge in [-0.2, -0.15) is 0 Å². The minimum absolute atomic E-state index is 0.172. The monoisotopic (exact) mass is 417 g/mol. The number of aliphatic hydroxyl groups is 1. The van der Waals surface area contributed by atoms with Gasteiger partial charge in [-0.15, -0.1) is 11.3 Å². The van der Waals surface area contributed by atoms with E-state index in [0.29, 0.717) is 24.5 Å². The fourth-order valence-corrected chi connectivity index (χ4v) is 4.42. The van der Waals surface area contributed by atoms with Crippen molar-refractivity contribution in [2.45, 2.75) is 19.6 Å². The van der Waals surface area contributed by atoms with Crippen molar-refractivity contribution in [3.63, 3.8) is 0 Å². The van der Waals surface area contributed by atoms with E-state index < -0.39 is 6.10 Å². The lowest BCUT2D eigenvalue weighted by molar-refractivity contribution is 0.0949. The maximum absolute atomic E-state index is 13.1. The molecule has 152 valence electrons. The van der Waals surface area contributed by atoms with E-state index in [1.807, 2.05) is 85.8 Å². The molecule has 1 atom stereocenters. The van der Waals surface area contributed by atoms with Gasteiger partial charge in [-0.05, 0) is 41.5 Å². The van der Waals surface area contributed by atoms with E-state index in [-0.39, 0.29) is 5.91 Å². The molecule has 0 spiro atoms. The highest BCUT2D eigenvalue weighted by Crippen LogP contribution is 2.30. The fourth-order valence-electron chi connectivity index (χ4n) is 3.45. The van der Waals surface area contributed by atoms with Crippen molar-refractivity contribution in [1.82, 2.24) is 5.32 Å². The molecule has 2 N–H and O–H groups in total. The van der Waals surface area contributed by atoms with Crippen LogP contribution in [0.25, 0.3) is 10.8 Å². The Morgan fingerprint density at radius 2 is 1.77 bits per heavy atom. The van der Waals surface area contributed by atoms with Crippen molar-refractivity contribution in [3.05, 3.63) is 99.7 Å². The molecule has 1 amide bonds. The minimum Gasteiger partial charge on any atom is -0.493 e. The molecule has 0 radical (unpaired) electrons. The SMILES string of the molecule is CCOc1ccc2ccccc2c1C(=O)NCc1ccc(C(O)c2ccccc2)s1. The number of aliphatic hydroxyl groups excluding tert-OH is 1. The van der Waals surface area contributed by atoms with Gasteiger partial charge in [0.1, 0.15) is 11.9 Å². The molecule has 0 aliphatic rings. The molecule has 0 saturated heterocycles. The lowest BCUT2D eigenvalue weighted by atomic mass is 10.0. The zero-order valence-electron chi connectivity index (χ0n) is 16.7. The molecule has 0 fully saturated rings. The van der Waals surface area contributed by atoms with Crippen LogP contribution in [0.2, 0.25) is 0 Å². The third-order valence-corrected chi connectivity index (χ3v) is 6.05. The zero-order chi connectivity index (χ0) is 20.9. The molecule has 5 heteroatoms. The standard InChI is InChI=1S/C25H23NO3S/c1-2-29-21-14-12-17-8-6-7-11-20(17)23(21)25(28)26-16-19-13-15-22(30-19)24(27)18-9-4-3-5-10-18/h3-15,24,27H,2,16H2,1H3,(H,26,28). The van der Waals surface area contributed by atoms with Gasteiger partial charge in [0, 0.05) is 9.75 Å². The number of amides is 1. The van der Waals surface area contributed by atoms with Gasteiger partial charge in [0.25, 0.3) is 5.91 Å². The summed E-state index contributed by atoms with van der Waals surface area (Å²) in [6, 6.07) is 25.0. The van der Waals surface area contributed by atoms with Crippen LogP contribution in [0.1, 0.15) is 38.7 Å². The first kappa shape index (κ1) is 20.1. The Hall–Kier alpha value is -3.15. The second kappa shape index (κ2) is 9.11. The maximum atomic E-state index is 13.1. The summed E-state index contributed by atoms with van der Waals surface area (Å²) >= 11 is 1.50. The van der Waals surface area contributed by atoms with Gasteiger partial charge >= 0.3 is 0 Å². The minimum atomic E-state index is -0.664. The molecule has 0 bridgehead atoms. The highest BCUT2D eigenvalue weighted by molar-refractivity contribution is 7.12. The summed E-state index contributed by atoms with van der Waals surface area (Å²) < 4.78 is 5.71. The molecule has 4 nitrogen and oxygen atoms in total. The van der Waals surface area contributed by atoms with Crippen LogP contribution in [0.4, 0.5) is 0 Å². The number of carbonyl (C=O) groups is 1. The summed E-state index contributed by atoms with van der Waals surface area (Å²) in [5, 5.41) is 15.5. The summed E-state index contributed by atoms with van der Waals surface area (Å²) in [6.45, 7) is 2.78. The third-order valence-electron chi connectivity index (χ3n) is 4.91. The smallest absolute Gasteiger partial charge is 0.255 e. The van der Waals surface area contributed by atoms with E-state index in [4.69, 9.17) is 4.74 Å². The van der Waals surface area contributed by atoms with Crippen LogP contribution < -0.4 is 10.1 Å². The second-order valence-electron chi connectivity index (χ2n) is 6.89. The Balaban J connectivity index is 1.52. The lowest BCUT2D eigenvalue weighted by Gasteiger charge is -2.13. The Morgan fingerprint density at radius 1 is 1.00 bits per heavy atom. The molecule has 3 aromatic carbocycles. The normalized spacial score (nSPS) is 11.9. The van der Waals surface area contributed by atoms with Gasteiger partial charge < -0.3 is 15.2 Å². The summed E-state index contributed by atoms with van der Waals surface area (Å²) in [5.41, 5.74) is 1.41. The molecule has 1 heterocycles. The fraction of sp³-hybridized carbons (Fsp3) is 0.160. The Labute approximate surface area is 179 Å². The van der Waals surface area contributed by atoms with E-state index >= 15 is 0 Å². The molecule has 0 aliphatic heterocycles. The highest BCUT2D eigenvalue weighted by atomic mass is 32.1. The van der Waals surface area contributed by atoms with Crippen molar-refractivity contribution < 1.29 is 14.6 Å². The van der Waals surface area contributed by atoms with Crippen molar-refractivity contribution in [3.8, 4) is 5.75 Å². The van der Waals surface area contributed by atoms with Gasteiger partial charge in [0.15, 0.2) is 0 Å². The predicted octanol–water partition coefficient (Wildman–Crippen LogP) is 5.31. The molecule has 1 unspecified atom stereocenters. The van der Waals surface area contributed by atoms with E-state index in [2.05, 4.69) is 5.32 Å². The molecule has 1 aromatic heterocycles. The third kappa shape index (κ3) is 4.22. The predicted molar refractivity (Wildman–Crippen MR) is 121 cm³/mol. The number of thiophene rings is 1. The van der Waals surface area contributed by atoms with Crippen molar-refractivity contribution in [2.75, 3.05) is 6.61 Å². The van der Waals surface area contributed by atoms with Gasteiger partial charge in [-0.1, -0.05) is 60.7 Å². The molecule has 0 saturated carbocycles. The zero-order valence-corrected chi connectivity index (χ0v) is 17.5. The van der Waals surface area contributed by atoms with Crippen molar-refractivity contribution >= 4 is 28.0 Å². The second-order valence-corrected chi connectivity index (χ2v) is 8.09. The number of benzene rings is 3. The van der Waals surface area contributed by atoms with Crippen LogP contribution in [-0.2, 0) is 6.54 Å². The molecule has 30 heavy (non-hydrogen) atoms. The Morgan fingerprint density at radius 3 is 2.57 bits per heavy atom. The summed E-state index contributed by atoms with van der Waals surface area (Å²) in [4.78, 5) is 14.9. The van der Waals surface area contributed by atoms with Crippen molar-refractivity contribution in [2.24, 2.45) is 0 Å². The largest absolute Gasteiger partial charge is 0.493 e.